The third-order valence-corrected chi connectivity index (χ3v) is 9.97. The lowest BCUT2D eigenvalue weighted by Crippen LogP contribution is -2.46. The van der Waals surface area contributed by atoms with E-state index in [9.17, 15) is 21.6 Å². The van der Waals surface area contributed by atoms with Crippen molar-refractivity contribution in [1.82, 2.24) is 10.1 Å². The summed E-state index contributed by atoms with van der Waals surface area (Å²) in [7, 11) is -7.91. The van der Waals surface area contributed by atoms with Crippen LogP contribution in [0.2, 0.25) is 5.02 Å². The van der Waals surface area contributed by atoms with Crippen LogP contribution in [0.1, 0.15) is 21.8 Å². The maximum absolute atomic E-state index is 13.2. The Morgan fingerprint density at radius 2 is 1.77 bits per heavy atom. The molecule has 208 valence electrons. The van der Waals surface area contributed by atoms with Crippen LogP contribution in [0.5, 0.6) is 0 Å². The van der Waals surface area contributed by atoms with E-state index in [0.29, 0.717) is 32.0 Å². The molecule has 0 spiro atoms. The predicted octanol–water partition coefficient (Wildman–Crippen LogP) is 3.62. The molecule has 2 heterocycles. The number of aryl methyl sites for hydroxylation is 2. The maximum atomic E-state index is 13.2. The van der Waals surface area contributed by atoms with Crippen molar-refractivity contribution < 1.29 is 30.9 Å². The van der Waals surface area contributed by atoms with E-state index in [2.05, 4.69) is 21.8 Å². The van der Waals surface area contributed by atoms with Crippen molar-refractivity contribution in [2.75, 3.05) is 36.3 Å². The molecule has 11 nitrogen and oxygen atoms in total. The molecule has 1 aliphatic heterocycles. The minimum atomic E-state index is -4.13. The van der Waals surface area contributed by atoms with E-state index in [4.69, 9.17) is 20.9 Å². The minimum Gasteiger partial charge on any atom is -0.379 e. The first-order valence-electron chi connectivity index (χ1n) is 11.8. The Morgan fingerprint density at radius 1 is 1.10 bits per heavy atom. The summed E-state index contributed by atoms with van der Waals surface area (Å²) in [6.07, 6.45) is 1.39. The average Bonchev–Trinajstić information content (AvgIpc) is 3.24. The smallest absolute Gasteiger partial charge is 0.267 e. The fourth-order valence-corrected chi connectivity index (χ4v) is 7.45. The van der Waals surface area contributed by atoms with Crippen molar-refractivity contribution in [2.24, 2.45) is 0 Å². The highest BCUT2D eigenvalue weighted by molar-refractivity contribution is 7.93. The number of amides is 1. The summed E-state index contributed by atoms with van der Waals surface area (Å²) in [4.78, 5) is 14.9. The molecule has 1 saturated heterocycles. The number of benzene rings is 2. The minimum absolute atomic E-state index is 0.0181. The highest BCUT2D eigenvalue weighted by Crippen LogP contribution is 2.28. The molecular weight excluding hydrogens is 568 g/mol. The monoisotopic (exact) mass is 594 g/mol. The van der Waals surface area contributed by atoms with Gasteiger partial charge in [-0.3, -0.25) is 14.4 Å². The van der Waals surface area contributed by atoms with Gasteiger partial charge in [-0.05, 0) is 56.3 Å². The lowest BCUT2D eigenvalue weighted by Gasteiger charge is -2.32. The van der Waals surface area contributed by atoms with E-state index in [0.717, 1.165) is 0 Å². The second-order valence-electron chi connectivity index (χ2n) is 8.75. The van der Waals surface area contributed by atoms with Crippen LogP contribution in [0.25, 0.3) is 0 Å². The van der Waals surface area contributed by atoms with Crippen LogP contribution in [-0.2, 0) is 24.6 Å². The zero-order valence-corrected chi connectivity index (χ0v) is 23.6. The zero-order chi connectivity index (χ0) is 28.4. The van der Waals surface area contributed by atoms with Crippen molar-refractivity contribution in [3.8, 4) is 0 Å². The van der Waals surface area contributed by atoms with E-state index in [1.54, 1.807) is 4.90 Å². The second kappa shape index (κ2) is 11.5. The number of rotatable bonds is 9. The molecule has 3 aromatic rings. The normalized spacial score (nSPS) is 15.5. The number of carbonyl (C=O) groups is 1. The Hall–Kier alpha value is -3.23. The molecule has 2 aromatic carbocycles. The molecule has 0 bridgehead atoms. The van der Waals surface area contributed by atoms with Gasteiger partial charge in [0.1, 0.15) is 11.1 Å². The Labute approximate surface area is 231 Å². The quantitative estimate of drug-likeness (QED) is 0.354. The standard InChI is InChI=1S/C25H27ClN4O7S2/c1-4-23(30-11-13-36-14-12-30)38(32,33)20-8-6-19(7-9-20)27-25(31)21-15-18(26)5-10-22(21)29-39(34,35)24-16(2)28-37-17(24)3/h4-10,15,23,29H,1,11-14H2,2-3H3,(H,27,31). The number of halogens is 1. The number of carbonyl (C=O) groups excluding carboxylic acids is 1. The van der Waals surface area contributed by atoms with Crippen molar-refractivity contribution in [3.05, 3.63) is 77.2 Å². The fraction of sp³-hybridized carbons (Fsp3) is 0.280. The Balaban J connectivity index is 1.55. The fourth-order valence-electron chi connectivity index (χ4n) is 4.22. The van der Waals surface area contributed by atoms with Crippen LogP contribution < -0.4 is 10.0 Å². The second-order valence-corrected chi connectivity index (χ2v) is 12.8. The third kappa shape index (κ3) is 6.17. The number of sulfonamides is 1. The molecular formula is C25H27ClN4O7S2. The summed E-state index contributed by atoms with van der Waals surface area (Å²) in [5, 5.41) is 5.61. The molecule has 39 heavy (non-hydrogen) atoms. The van der Waals surface area contributed by atoms with Crippen LogP contribution in [0.4, 0.5) is 11.4 Å². The molecule has 4 rings (SSSR count). The SMILES string of the molecule is C=CC(N1CCOCC1)S(=O)(=O)c1ccc(NC(=O)c2cc(Cl)ccc2NS(=O)(=O)c2c(C)noc2C)cc1. The topological polar surface area (TPSA) is 148 Å². The largest absolute Gasteiger partial charge is 0.379 e. The number of hydrogen-bond donors (Lipinski definition) is 2. The lowest BCUT2D eigenvalue weighted by molar-refractivity contribution is 0.0374. The molecule has 14 heteroatoms. The molecule has 2 N–H and O–H groups in total. The van der Waals surface area contributed by atoms with Gasteiger partial charge in [0.05, 0.1) is 29.4 Å². The number of nitrogens with zero attached hydrogens (tertiary/aromatic N) is 2. The number of aromatic nitrogens is 1. The van der Waals surface area contributed by atoms with Gasteiger partial charge in [-0.25, -0.2) is 16.8 Å². The van der Waals surface area contributed by atoms with Gasteiger partial charge in [0, 0.05) is 23.8 Å². The highest BCUT2D eigenvalue weighted by Gasteiger charge is 2.32. The summed E-state index contributed by atoms with van der Waals surface area (Å²) < 4.78 is 65.2. The number of anilines is 2. The summed E-state index contributed by atoms with van der Waals surface area (Å²) >= 11 is 6.09. The molecule has 0 radical (unpaired) electrons. The molecule has 0 saturated carbocycles. The van der Waals surface area contributed by atoms with Crippen LogP contribution in [0.15, 0.2) is 69.4 Å². The predicted molar refractivity (Wildman–Crippen MR) is 146 cm³/mol. The molecule has 1 unspecified atom stereocenters. The Bertz CT molecular complexity index is 1580. The number of ether oxygens (including phenoxy) is 1. The van der Waals surface area contributed by atoms with Gasteiger partial charge in [0.25, 0.3) is 15.9 Å². The van der Waals surface area contributed by atoms with Crippen molar-refractivity contribution in [3.63, 3.8) is 0 Å². The van der Waals surface area contributed by atoms with Gasteiger partial charge in [-0.1, -0.05) is 22.8 Å². The highest BCUT2D eigenvalue weighted by atomic mass is 35.5. The Kier molecular flexibility index (Phi) is 8.47. The molecule has 1 aliphatic rings. The molecule has 0 aliphatic carbocycles. The van der Waals surface area contributed by atoms with Gasteiger partial charge in [-0.15, -0.1) is 6.58 Å². The van der Waals surface area contributed by atoms with Crippen molar-refractivity contribution in [2.45, 2.75) is 29.0 Å². The van der Waals surface area contributed by atoms with Gasteiger partial charge in [0.2, 0.25) is 0 Å². The third-order valence-electron chi connectivity index (χ3n) is 6.07. The molecule has 1 fully saturated rings. The lowest BCUT2D eigenvalue weighted by atomic mass is 10.1. The van der Waals surface area contributed by atoms with Crippen molar-refractivity contribution in [1.29, 1.82) is 0 Å². The van der Waals surface area contributed by atoms with Gasteiger partial charge in [-0.2, -0.15) is 0 Å². The molecule has 1 amide bonds. The average molecular weight is 595 g/mol. The van der Waals surface area contributed by atoms with Crippen LogP contribution in [0.3, 0.4) is 0 Å². The van der Waals surface area contributed by atoms with Crippen LogP contribution in [-0.4, -0.2) is 64.5 Å². The maximum Gasteiger partial charge on any atom is 0.267 e. The first-order valence-corrected chi connectivity index (χ1v) is 15.2. The van der Waals surface area contributed by atoms with E-state index >= 15 is 0 Å². The van der Waals surface area contributed by atoms with Gasteiger partial charge in [0.15, 0.2) is 20.5 Å². The zero-order valence-electron chi connectivity index (χ0n) is 21.2. The summed E-state index contributed by atoms with van der Waals surface area (Å²) in [6, 6.07) is 9.79. The number of morpholine rings is 1. The summed E-state index contributed by atoms with van der Waals surface area (Å²) in [5.41, 5.74) is 0.395. The molecule has 1 aromatic heterocycles. The van der Waals surface area contributed by atoms with E-state index < -0.39 is 31.1 Å². The van der Waals surface area contributed by atoms with E-state index in [1.165, 1.54) is 62.4 Å². The summed E-state index contributed by atoms with van der Waals surface area (Å²) in [5.74, 6) is -0.566. The first-order chi connectivity index (χ1) is 18.4. The van der Waals surface area contributed by atoms with Crippen LogP contribution >= 0.6 is 11.6 Å². The number of nitrogens with one attached hydrogen (secondary N) is 2. The van der Waals surface area contributed by atoms with Crippen LogP contribution in [0, 0.1) is 13.8 Å². The molecule has 1 atom stereocenters. The van der Waals surface area contributed by atoms with E-state index in [1.807, 2.05) is 0 Å². The number of hydrogen-bond acceptors (Lipinski definition) is 9. The van der Waals surface area contributed by atoms with Gasteiger partial charge >= 0.3 is 0 Å². The Morgan fingerprint density at radius 3 is 2.36 bits per heavy atom. The van der Waals surface area contributed by atoms with E-state index in [-0.39, 0.29) is 37.5 Å². The number of sulfone groups is 1. The first kappa shape index (κ1) is 28.8. The van der Waals surface area contributed by atoms with Crippen molar-refractivity contribution >= 4 is 48.7 Å². The van der Waals surface area contributed by atoms with Gasteiger partial charge < -0.3 is 14.6 Å². The summed E-state index contributed by atoms with van der Waals surface area (Å²) in [6.45, 7) is 8.45.